The van der Waals surface area contributed by atoms with Crippen LogP contribution in [0.3, 0.4) is 0 Å². The highest BCUT2D eigenvalue weighted by Gasteiger charge is 2.25. The molecule has 0 aromatic heterocycles. The topological polar surface area (TPSA) is 46.2 Å². The fraction of sp³-hybridized carbons (Fsp3) is 0.500. The van der Waals surface area contributed by atoms with Crippen LogP contribution in [0.15, 0.2) is 12.1 Å². The van der Waals surface area contributed by atoms with Crippen LogP contribution in [0, 0.1) is 12.3 Å². The highest BCUT2D eigenvalue weighted by atomic mass is 35.5. The zero-order valence-corrected chi connectivity index (χ0v) is 10.4. The van der Waals surface area contributed by atoms with Crippen molar-refractivity contribution in [2.45, 2.75) is 33.7 Å². The first-order valence-electron chi connectivity index (χ1n) is 4.98. The van der Waals surface area contributed by atoms with Gasteiger partial charge >= 0.3 is 0 Å². The summed E-state index contributed by atoms with van der Waals surface area (Å²) in [5.74, 6) is 0.252. The molecule has 0 spiro atoms. The molecule has 0 fully saturated rings. The monoisotopic (exact) mass is 227 g/mol. The SMILES string of the molecule is Cc1cc(Cl)cc([C@H](N)C(C)(C)C)c1O. The van der Waals surface area contributed by atoms with Gasteiger partial charge in [-0.15, -0.1) is 0 Å². The first kappa shape index (κ1) is 12.3. The van der Waals surface area contributed by atoms with Crippen LogP contribution in [0.4, 0.5) is 0 Å². The molecule has 0 radical (unpaired) electrons. The van der Waals surface area contributed by atoms with Crippen molar-refractivity contribution in [1.29, 1.82) is 0 Å². The molecule has 1 aromatic carbocycles. The number of hydrogen-bond donors (Lipinski definition) is 2. The minimum Gasteiger partial charge on any atom is -0.507 e. The number of benzene rings is 1. The number of phenols is 1. The van der Waals surface area contributed by atoms with Crippen LogP contribution in [0.5, 0.6) is 5.75 Å². The fourth-order valence-electron chi connectivity index (χ4n) is 1.47. The predicted molar refractivity (Wildman–Crippen MR) is 64.2 cm³/mol. The van der Waals surface area contributed by atoms with Gasteiger partial charge < -0.3 is 10.8 Å². The predicted octanol–water partition coefficient (Wildman–Crippen LogP) is 3.40. The Morgan fingerprint density at radius 3 is 2.33 bits per heavy atom. The highest BCUT2D eigenvalue weighted by molar-refractivity contribution is 6.30. The molecule has 0 bridgehead atoms. The van der Waals surface area contributed by atoms with Crippen molar-refractivity contribution in [3.05, 3.63) is 28.3 Å². The number of rotatable bonds is 1. The zero-order valence-electron chi connectivity index (χ0n) is 9.63. The van der Waals surface area contributed by atoms with E-state index in [0.29, 0.717) is 10.6 Å². The zero-order chi connectivity index (χ0) is 11.8. The van der Waals surface area contributed by atoms with E-state index in [9.17, 15) is 5.11 Å². The molecule has 3 heteroatoms. The van der Waals surface area contributed by atoms with E-state index in [0.717, 1.165) is 5.56 Å². The Morgan fingerprint density at radius 1 is 1.33 bits per heavy atom. The Balaban J connectivity index is 3.25. The summed E-state index contributed by atoms with van der Waals surface area (Å²) in [4.78, 5) is 0. The molecule has 0 saturated heterocycles. The van der Waals surface area contributed by atoms with E-state index in [2.05, 4.69) is 0 Å². The number of hydrogen-bond acceptors (Lipinski definition) is 2. The molecule has 84 valence electrons. The molecule has 1 rings (SSSR count). The molecular formula is C12H18ClNO. The summed E-state index contributed by atoms with van der Waals surface area (Å²) in [6, 6.07) is 3.24. The van der Waals surface area contributed by atoms with Crippen molar-refractivity contribution in [2.75, 3.05) is 0 Å². The number of aromatic hydroxyl groups is 1. The average Bonchev–Trinajstić information content (AvgIpc) is 2.08. The molecule has 0 unspecified atom stereocenters. The van der Waals surface area contributed by atoms with Gasteiger partial charge in [0.25, 0.3) is 0 Å². The van der Waals surface area contributed by atoms with Gasteiger partial charge in [0.2, 0.25) is 0 Å². The minimum absolute atomic E-state index is 0.103. The van der Waals surface area contributed by atoms with Crippen LogP contribution in [0.25, 0.3) is 0 Å². The maximum absolute atomic E-state index is 9.92. The van der Waals surface area contributed by atoms with Crippen molar-refractivity contribution in [3.63, 3.8) is 0 Å². The molecule has 1 aromatic rings. The molecule has 3 N–H and O–H groups in total. The summed E-state index contributed by atoms with van der Waals surface area (Å²) < 4.78 is 0. The highest BCUT2D eigenvalue weighted by Crippen LogP contribution is 2.38. The summed E-state index contributed by atoms with van der Waals surface area (Å²) in [6.45, 7) is 7.92. The van der Waals surface area contributed by atoms with Crippen molar-refractivity contribution in [3.8, 4) is 5.75 Å². The smallest absolute Gasteiger partial charge is 0.123 e. The largest absolute Gasteiger partial charge is 0.507 e. The van der Waals surface area contributed by atoms with E-state index in [1.165, 1.54) is 0 Å². The minimum atomic E-state index is -0.227. The van der Waals surface area contributed by atoms with Gasteiger partial charge in [-0.1, -0.05) is 32.4 Å². The van der Waals surface area contributed by atoms with E-state index in [4.69, 9.17) is 17.3 Å². The third-order valence-electron chi connectivity index (χ3n) is 2.56. The number of nitrogens with two attached hydrogens (primary N) is 1. The maximum Gasteiger partial charge on any atom is 0.123 e. The summed E-state index contributed by atoms with van der Waals surface area (Å²) in [7, 11) is 0. The average molecular weight is 228 g/mol. The van der Waals surface area contributed by atoms with Gasteiger partial charge in [0.1, 0.15) is 5.75 Å². The Labute approximate surface area is 96.1 Å². The third-order valence-corrected chi connectivity index (χ3v) is 2.78. The van der Waals surface area contributed by atoms with E-state index >= 15 is 0 Å². The molecule has 2 nitrogen and oxygen atoms in total. The fourth-order valence-corrected chi connectivity index (χ4v) is 1.75. The summed E-state index contributed by atoms with van der Waals surface area (Å²) in [6.07, 6.45) is 0. The molecule has 0 aliphatic rings. The third kappa shape index (κ3) is 2.64. The van der Waals surface area contributed by atoms with Crippen LogP contribution in [0.1, 0.15) is 37.9 Å². The quantitative estimate of drug-likeness (QED) is 0.773. The Hall–Kier alpha value is -0.730. The van der Waals surface area contributed by atoms with Crippen LogP contribution < -0.4 is 5.73 Å². The molecule has 0 aliphatic carbocycles. The standard InChI is InChI=1S/C12H18ClNO/c1-7-5-8(13)6-9(10(7)15)11(14)12(2,3)4/h5-6,11,15H,14H2,1-4H3/t11-/m0/s1. The Kier molecular flexibility index (Phi) is 3.31. The van der Waals surface area contributed by atoms with Crippen molar-refractivity contribution < 1.29 is 5.11 Å². The molecule has 15 heavy (non-hydrogen) atoms. The second kappa shape index (κ2) is 4.03. The first-order chi connectivity index (χ1) is 6.73. The van der Waals surface area contributed by atoms with Crippen molar-refractivity contribution in [1.82, 2.24) is 0 Å². The van der Waals surface area contributed by atoms with Gasteiger partial charge in [-0.2, -0.15) is 0 Å². The lowest BCUT2D eigenvalue weighted by Crippen LogP contribution is -2.26. The lowest BCUT2D eigenvalue weighted by atomic mass is 9.82. The number of aryl methyl sites for hydroxylation is 1. The summed E-state index contributed by atoms with van der Waals surface area (Å²) in [5.41, 5.74) is 7.47. The lowest BCUT2D eigenvalue weighted by molar-refractivity contribution is 0.317. The molecule has 0 aliphatic heterocycles. The van der Waals surface area contributed by atoms with Crippen molar-refractivity contribution >= 4 is 11.6 Å². The Morgan fingerprint density at radius 2 is 1.87 bits per heavy atom. The molecule has 0 amide bonds. The summed E-state index contributed by atoms with van der Waals surface area (Å²) >= 11 is 5.95. The Bertz CT molecular complexity index is 369. The van der Waals surface area contributed by atoms with Gasteiger partial charge in [-0.3, -0.25) is 0 Å². The van der Waals surface area contributed by atoms with E-state index < -0.39 is 0 Å². The van der Waals surface area contributed by atoms with Gasteiger partial charge in [0, 0.05) is 16.6 Å². The molecule has 1 atom stereocenters. The molecule has 0 saturated carbocycles. The van der Waals surface area contributed by atoms with E-state index in [1.807, 2.05) is 27.7 Å². The van der Waals surface area contributed by atoms with Crippen LogP contribution >= 0.6 is 11.6 Å². The number of phenolic OH excluding ortho intramolecular Hbond substituents is 1. The van der Waals surface area contributed by atoms with E-state index in [1.54, 1.807) is 12.1 Å². The van der Waals surface area contributed by atoms with Crippen LogP contribution in [0.2, 0.25) is 5.02 Å². The number of halogens is 1. The molecule has 0 heterocycles. The normalized spacial score (nSPS) is 14.0. The van der Waals surface area contributed by atoms with Gasteiger partial charge in [-0.05, 0) is 30.0 Å². The van der Waals surface area contributed by atoms with Crippen LogP contribution in [-0.4, -0.2) is 5.11 Å². The van der Waals surface area contributed by atoms with Gasteiger partial charge in [0.05, 0.1) is 0 Å². The maximum atomic E-state index is 9.92. The van der Waals surface area contributed by atoms with Gasteiger partial charge in [0.15, 0.2) is 0 Å². The lowest BCUT2D eigenvalue weighted by Gasteiger charge is -2.28. The van der Waals surface area contributed by atoms with Crippen LogP contribution in [-0.2, 0) is 0 Å². The second-order valence-electron chi connectivity index (χ2n) is 5.00. The second-order valence-corrected chi connectivity index (χ2v) is 5.44. The van der Waals surface area contributed by atoms with Gasteiger partial charge in [-0.25, -0.2) is 0 Å². The molecular weight excluding hydrogens is 210 g/mol. The summed E-state index contributed by atoms with van der Waals surface area (Å²) in [5, 5.41) is 10.5. The van der Waals surface area contributed by atoms with Crippen molar-refractivity contribution in [2.24, 2.45) is 11.1 Å². The van der Waals surface area contributed by atoms with E-state index in [-0.39, 0.29) is 17.2 Å². The first-order valence-corrected chi connectivity index (χ1v) is 5.36.